The van der Waals surface area contributed by atoms with Crippen LogP contribution in [0.25, 0.3) is 0 Å². The van der Waals surface area contributed by atoms with E-state index in [1.807, 2.05) is 0 Å². The van der Waals surface area contributed by atoms with E-state index in [0.717, 1.165) is 61.2 Å². The van der Waals surface area contributed by atoms with Gasteiger partial charge in [-0.2, -0.15) is 0 Å². The Morgan fingerprint density at radius 3 is 1.63 bits per heavy atom. The van der Waals surface area contributed by atoms with Gasteiger partial charge in [0.25, 0.3) is 0 Å². The van der Waals surface area contributed by atoms with Crippen molar-refractivity contribution in [3.8, 4) is 0 Å². The van der Waals surface area contributed by atoms with Gasteiger partial charge in [-0.15, -0.1) is 0 Å². The zero-order chi connectivity index (χ0) is 24.3. The molecule has 0 aliphatic heterocycles. The van der Waals surface area contributed by atoms with Crippen molar-refractivity contribution in [1.29, 1.82) is 0 Å². The van der Waals surface area contributed by atoms with Crippen LogP contribution in [-0.4, -0.2) is 6.67 Å². The van der Waals surface area contributed by atoms with Gasteiger partial charge in [-0.3, -0.25) is 4.39 Å². The standard InChI is InChI=1S/C34H55F/c1-2-6-27-10-18-31(19-11-27)33-22-14-29(15-23-33)8-9-30-16-24-34(25-17-30)32-20-12-28(13-21-32)7-4-3-5-26-35/h12-13,20-21,27,29-31,33-34H,2-11,14-19,22-26H2,1H3/t27-,29?,30-,31-,33?,34-. The van der Waals surface area contributed by atoms with E-state index in [4.69, 9.17) is 0 Å². The average molecular weight is 483 g/mol. The Morgan fingerprint density at radius 1 is 0.600 bits per heavy atom. The Kier molecular flexibility index (Phi) is 11.5. The number of rotatable bonds is 12. The molecule has 0 aromatic heterocycles. The molecule has 35 heavy (non-hydrogen) atoms. The summed E-state index contributed by atoms with van der Waals surface area (Å²) in [6.07, 6.45) is 27.9. The lowest BCUT2D eigenvalue weighted by atomic mass is 9.68. The molecule has 3 aliphatic carbocycles. The van der Waals surface area contributed by atoms with E-state index >= 15 is 0 Å². The third kappa shape index (κ3) is 8.60. The molecule has 3 aliphatic rings. The van der Waals surface area contributed by atoms with Crippen LogP contribution in [0.2, 0.25) is 0 Å². The van der Waals surface area contributed by atoms with Crippen molar-refractivity contribution in [2.24, 2.45) is 29.6 Å². The van der Waals surface area contributed by atoms with Crippen LogP contribution in [0.3, 0.4) is 0 Å². The van der Waals surface area contributed by atoms with Gasteiger partial charge < -0.3 is 0 Å². The second kappa shape index (κ2) is 14.8. The van der Waals surface area contributed by atoms with Crippen molar-refractivity contribution >= 4 is 0 Å². The first-order valence-electron chi connectivity index (χ1n) is 15.9. The zero-order valence-electron chi connectivity index (χ0n) is 23.0. The molecule has 0 bridgehead atoms. The summed E-state index contributed by atoms with van der Waals surface area (Å²) in [5, 5.41) is 0. The fourth-order valence-electron chi connectivity index (χ4n) is 8.12. The molecule has 1 heteroatoms. The normalized spacial score (nSPS) is 31.9. The molecule has 0 radical (unpaired) electrons. The SMILES string of the molecule is CCC[C@H]1CC[C@H](C2CCC(CC[C@H]3CC[C@H](c4ccc(CCCCCF)cc4)CC3)CC2)CC1. The number of aryl methyl sites for hydroxylation is 1. The predicted molar refractivity (Wildman–Crippen MR) is 150 cm³/mol. The highest BCUT2D eigenvalue weighted by Gasteiger charge is 2.31. The third-order valence-electron chi connectivity index (χ3n) is 10.5. The molecule has 1 aromatic carbocycles. The van der Waals surface area contributed by atoms with Crippen molar-refractivity contribution in [3.05, 3.63) is 35.4 Å². The molecular formula is C34H55F. The maximum atomic E-state index is 12.3. The van der Waals surface area contributed by atoms with E-state index in [1.54, 1.807) is 31.2 Å². The van der Waals surface area contributed by atoms with Crippen molar-refractivity contribution in [3.63, 3.8) is 0 Å². The first-order valence-corrected chi connectivity index (χ1v) is 15.9. The molecule has 0 amide bonds. The van der Waals surface area contributed by atoms with Crippen LogP contribution in [0.1, 0.15) is 146 Å². The van der Waals surface area contributed by atoms with Crippen LogP contribution in [0.5, 0.6) is 0 Å². The van der Waals surface area contributed by atoms with Crippen molar-refractivity contribution < 1.29 is 4.39 Å². The first-order chi connectivity index (χ1) is 17.2. The van der Waals surface area contributed by atoms with Gasteiger partial charge in [-0.25, -0.2) is 0 Å². The number of halogens is 1. The van der Waals surface area contributed by atoms with Gasteiger partial charge in [0.15, 0.2) is 0 Å². The topological polar surface area (TPSA) is 0 Å². The van der Waals surface area contributed by atoms with Crippen molar-refractivity contribution in [2.75, 3.05) is 6.67 Å². The summed E-state index contributed by atoms with van der Waals surface area (Å²) in [5.74, 6) is 6.03. The molecule has 0 atom stereocenters. The summed E-state index contributed by atoms with van der Waals surface area (Å²) in [5.41, 5.74) is 3.00. The smallest absolute Gasteiger partial charge is 0.0894 e. The van der Waals surface area contributed by atoms with Gasteiger partial charge in [0, 0.05) is 0 Å². The van der Waals surface area contributed by atoms with E-state index in [1.165, 1.54) is 82.6 Å². The Hall–Kier alpha value is -0.850. The summed E-state index contributed by atoms with van der Waals surface area (Å²) >= 11 is 0. The molecule has 4 rings (SSSR count). The summed E-state index contributed by atoms with van der Waals surface area (Å²) in [7, 11) is 0. The molecule has 0 N–H and O–H groups in total. The summed E-state index contributed by atoms with van der Waals surface area (Å²) in [4.78, 5) is 0. The average Bonchev–Trinajstić information content (AvgIpc) is 2.92. The predicted octanol–water partition coefficient (Wildman–Crippen LogP) is 10.8. The Labute approximate surface area is 217 Å². The zero-order valence-corrected chi connectivity index (χ0v) is 23.0. The second-order valence-electron chi connectivity index (χ2n) is 12.9. The van der Waals surface area contributed by atoms with Crippen LogP contribution in [0.15, 0.2) is 24.3 Å². The van der Waals surface area contributed by atoms with E-state index < -0.39 is 0 Å². The molecule has 0 spiro atoms. The molecule has 0 unspecified atom stereocenters. The minimum atomic E-state index is -0.164. The minimum absolute atomic E-state index is 0.164. The van der Waals surface area contributed by atoms with Gasteiger partial charge in [0.2, 0.25) is 0 Å². The molecule has 1 aromatic rings. The van der Waals surface area contributed by atoms with Crippen LogP contribution in [-0.2, 0) is 6.42 Å². The minimum Gasteiger partial charge on any atom is -0.251 e. The fourth-order valence-corrected chi connectivity index (χ4v) is 8.12. The maximum Gasteiger partial charge on any atom is 0.0894 e. The first kappa shape index (κ1) is 27.2. The maximum absolute atomic E-state index is 12.3. The molecule has 0 heterocycles. The number of benzene rings is 1. The highest BCUT2D eigenvalue weighted by Crippen LogP contribution is 2.44. The Morgan fingerprint density at radius 2 is 1.11 bits per heavy atom. The van der Waals surface area contributed by atoms with Crippen LogP contribution in [0, 0.1) is 29.6 Å². The fraction of sp³-hybridized carbons (Fsp3) is 0.824. The Bertz CT molecular complexity index is 669. The van der Waals surface area contributed by atoms with Gasteiger partial charge in [-0.1, -0.05) is 89.0 Å². The highest BCUT2D eigenvalue weighted by molar-refractivity contribution is 5.26. The number of alkyl halides is 1. The summed E-state index contributed by atoms with van der Waals surface area (Å²) in [6, 6.07) is 9.46. The monoisotopic (exact) mass is 482 g/mol. The molecule has 0 saturated heterocycles. The summed E-state index contributed by atoms with van der Waals surface area (Å²) in [6.45, 7) is 2.20. The molecule has 3 saturated carbocycles. The molecular weight excluding hydrogens is 427 g/mol. The van der Waals surface area contributed by atoms with Crippen molar-refractivity contribution in [1.82, 2.24) is 0 Å². The molecule has 198 valence electrons. The summed E-state index contributed by atoms with van der Waals surface area (Å²) < 4.78 is 12.3. The van der Waals surface area contributed by atoms with Crippen LogP contribution < -0.4 is 0 Å². The lowest BCUT2D eigenvalue weighted by Crippen LogP contribution is -2.26. The second-order valence-corrected chi connectivity index (χ2v) is 12.9. The van der Waals surface area contributed by atoms with E-state index in [0.29, 0.717) is 0 Å². The van der Waals surface area contributed by atoms with E-state index in [-0.39, 0.29) is 6.67 Å². The Balaban J connectivity index is 1.08. The van der Waals surface area contributed by atoms with Gasteiger partial charge in [0.05, 0.1) is 6.67 Å². The van der Waals surface area contributed by atoms with Gasteiger partial charge >= 0.3 is 0 Å². The van der Waals surface area contributed by atoms with Crippen LogP contribution in [0.4, 0.5) is 4.39 Å². The quantitative estimate of drug-likeness (QED) is 0.260. The third-order valence-corrected chi connectivity index (χ3v) is 10.5. The van der Waals surface area contributed by atoms with Gasteiger partial charge in [-0.05, 0) is 117 Å². The van der Waals surface area contributed by atoms with E-state index in [2.05, 4.69) is 31.2 Å². The van der Waals surface area contributed by atoms with Crippen molar-refractivity contribution in [2.45, 2.75) is 141 Å². The number of hydrogen-bond acceptors (Lipinski definition) is 0. The van der Waals surface area contributed by atoms with Gasteiger partial charge in [0.1, 0.15) is 0 Å². The lowest BCUT2D eigenvalue weighted by molar-refractivity contribution is 0.137. The highest BCUT2D eigenvalue weighted by atomic mass is 19.1. The van der Waals surface area contributed by atoms with Crippen LogP contribution >= 0.6 is 0 Å². The number of unbranched alkanes of at least 4 members (excludes halogenated alkanes) is 2. The molecule has 3 fully saturated rings. The van der Waals surface area contributed by atoms with E-state index in [9.17, 15) is 4.39 Å². The molecule has 0 nitrogen and oxygen atoms in total. The number of hydrogen-bond donors (Lipinski definition) is 0. The lowest BCUT2D eigenvalue weighted by Gasteiger charge is -2.38. The largest absolute Gasteiger partial charge is 0.251 e.